The summed E-state index contributed by atoms with van der Waals surface area (Å²) in [6, 6.07) is 0. The third-order valence-electron chi connectivity index (χ3n) is 0.167. The van der Waals surface area contributed by atoms with Gasteiger partial charge in [0.15, 0.2) is 6.54 Å². The lowest BCUT2D eigenvalue weighted by Gasteiger charge is -1.41. The highest BCUT2D eigenvalue weighted by molar-refractivity contribution is 4.49. The van der Waals surface area contributed by atoms with Gasteiger partial charge >= 0.3 is 0 Å². The van der Waals surface area contributed by atoms with E-state index in [1.54, 1.807) is 6.92 Å². The van der Waals surface area contributed by atoms with E-state index < -0.39 is 0 Å². The first-order valence-corrected chi connectivity index (χ1v) is 1.24. The van der Waals surface area contributed by atoms with Gasteiger partial charge in [-0.15, -0.1) is 0 Å². The van der Waals surface area contributed by atoms with E-state index >= 15 is 0 Å². The molecule has 0 aromatic heterocycles. The average molecular weight is 70.1 g/mol. The first-order valence-electron chi connectivity index (χ1n) is 1.24. The highest BCUT2D eigenvalue weighted by Crippen LogP contribution is 1.70. The quantitative estimate of drug-likeness (QED) is 0.194. The summed E-state index contributed by atoms with van der Waals surface area (Å²) in [7, 11) is 0. The van der Waals surface area contributed by atoms with Crippen LogP contribution in [0.2, 0.25) is 0 Å². The van der Waals surface area contributed by atoms with E-state index in [4.69, 9.17) is 5.53 Å². The van der Waals surface area contributed by atoms with Gasteiger partial charge in [0.25, 0.3) is 0 Å². The lowest BCUT2D eigenvalue weighted by Crippen LogP contribution is -1.39. The lowest BCUT2D eigenvalue weighted by atomic mass is 10.8. The molecule has 0 unspecified atom stereocenters. The third-order valence-corrected chi connectivity index (χ3v) is 0.167. The topological polar surface area (TPSA) is 48.8 Å². The molecule has 26 valence electrons. The lowest BCUT2D eigenvalue weighted by molar-refractivity contribution is 1.28. The molecule has 0 radical (unpaired) electrons. The number of azide groups is 1. The molecular weight excluding hydrogens is 66.0 g/mol. The highest BCUT2D eigenvalue weighted by Gasteiger charge is 1.67. The fourth-order valence-corrected chi connectivity index (χ4v) is 0.0516. The minimum absolute atomic E-state index is 1.39. The van der Waals surface area contributed by atoms with Crippen molar-refractivity contribution in [1.82, 2.24) is 0 Å². The van der Waals surface area contributed by atoms with E-state index in [1.807, 2.05) is 0 Å². The standard InChI is InChI=1S/C2H4N3/c1-2-4-5-3/h2H,1H3/q+1. The van der Waals surface area contributed by atoms with E-state index in [0.717, 1.165) is 0 Å². The molecule has 3 heteroatoms. The molecule has 0 fully saturated rings. The molecule has 0 bridgehead atoms. The van der Waals surface area contributed by atoms with Crippen molar-refractivity contribution in [2.45, 2.75) is 6.92 Å². The smallest absolute Gasteiger partial charge is 0.000188 e. The molecule has 5 heavy (non-hydrogen) atoms. The normalized spacial score (nSPS) is 5.00. The van der Waals surface area contributed by atoms with Crippen LogP contribution in [0.25, 0.3) is 10.4 Å². The van der Waals surface area contributed by atoms with Crippen LogP contribution in [0.4, 0.5) is 0 Å². The van der Waals surface area contributed by atoms with Crippen molar-refractivity contribution >= 4 is 0 Å². The summed E-state index contributed by atoms with van der Waals surface area (Å²) >= 11 is 0. The van der Waals surface area contributed by atoms with Crippen LogP contribution in [0.5, 0.6) is 0 Å². The average Bonchev–Trinajstić information content (AvgIpc) is 1.41. The fourth-order valence-electron chi connectivity index (χ4n) is 0.0516. The largest absolute Gasteiger partial charge is 0.192 e. The van der Waals surface area contributed by atoms with E-state index in [0.29, 0.717) is 0 Å². The number of nitrogens with zero attached hydrogens (tertiary/aromatic N) is 3. The van der Waals surface area contributed by atoms with Crippen LogP contribution < -0.4 is 0 Å². The summed E-state index contributed by atoms with van der Waals surface area (Å²) in [4.78, 5) is 2.42. The molecule has 0 saturated carbocycles. The summed E-state index contributed by atoms with van der Waals surface area (Å²) in [5.41, 5.74) is 7.49. The zero-order chi connectivity index (χ0) is 4.12. The Morgan fingerprint density at radius 3 is 2.60 bits per heavy atom. The monoisotopic (exact) mass is 70.0 g/mol. The van der Waals surface area contributed by atoms with Crippen molar-refractivity contribution < 1.29 is 0 Å². The van der Waals surface area contributed by atoms with Gasteiger partial charge in [0.05, 0.1) is 6.92 Å². The Balaban J connectivity index is 2.93. The summed E-state index contributed by atoms with van der Waals surface area (Å²) in [6.07, 6.45) is 0. The Morgan fingerprint density at radius 2 is 2.60 bits per heavy atom. The van der Waals surface area contributed by atoms with E-state index in [1.165, 1.54) is 6.54 Å². The van der Waals surface area contributed by atoms with Gasteiger partial charge in [0.2, 0.25) is 0 Å². The molecule has 0 N–H and O–H groups in total. The van der Waals surface area contributed by atoms with Crippen LogP contribution in [-0.2, 0) is 0 Å². The highest BCUT2D eigenvalue weighted by atomic mass is 15.1. The fraction of sp³-hybridized carbons (Fsp3) is 0.500. The van der Waals surface area contributed by atoms with Crippen molar-refractivity contribution in [2.75, 3.05) is 0 Å². The molecule has 0 amide bonds. The first-order chi connectivity index (χ1) is 2.41. The predicted molar refractivity (Wildman–Crippen MR) is 19.1 cm³/mol. The summed E-state index contributed by atoms with van der Waals surface area (Å²) in [5.74, 6) is 0. The Labute approximate surface area is 30.2 Å². The van der Waals surface area contributed by atoms with E-state index in [9.17, 15) is 0 Å². The molecule has 0 aliphatic heterocycles. The van der Waals surface area contributed by atoms with Gasteiger partial charge in [-0.3, -0.25) is 0 Å². The van der Waals surface area contributed by atoms with Crippen molar-refractivity contribution in [1.29, 1.82) is 0 Å². The molecule has 3 nitrogen and oxygen atoms in total. The molecule has 0 heterocycles. The zero-order valence-electron chi connectivity index (χ0n) is 2.92. The molecular formula is C2H4N3+. The summed E-state index contributed by atoms with van der Waals surface area (Å²) in [5, 5.41) is 3.03. The van der Waals surface area contributed by atoms with Crippen LogP contribution in [0.1, 0.15) is 6.92 Å². The minimum Gasteiger partial charge on any atom is 0.000188 e. The van der Waals surface area contributed by atoms with Gasteiger partial charge in [-0.2, -0.15) is 0 Å². The number of hydrogen-bond acceptors (Lipinski definition) is 1. The van der Waals surface area contributed by atoms with Crippen LogP contribution in [0.15, 0.2) is 5.11 Å². The first kappa shape index (κ1) is 4.18. The van der Waals surface area contributed by atoms with Crippen molar-refractivity contribution in [3.63, 3.8) is 0 Å². The van der Waals surface area contributed by atoms with Gasteiger partial charge in [0.1, 0.15) is 5.11 Å². The van der Waals surface area contributed by atoms with Crippen molar-refractivity contribution in [2.24, 2.45) is 5.11 Å². The molecule has 0 atom stereocenters. The maximum Gasteiger partial charge on any atom is 0.192 e. The Hall–Kier alpha value is -0.820. The minimum atomic E-state index is 1.39. The van der Waals surface area contributed by atoms with Gasteiger partial charge in [-0.1, -0.05) is 0 Å². The number of hydrogen-bond donors (Lipinski definition) is 0. The molecule has 0 aliphatic rings. The SMILES string of the molecule is C[CH+]N=[N+]=[N-]. The molecule has 0 aliphatic carbocycles. The van der Waals surface area contributed by atoms with Crippen LogP contribution >= 0.6 is 0 Å². The maximum atomic E-state index is 7.49. The second-order valence-corrected chi connectivity index (χ2v) is 0.463. The summed E-state index contributed by atoms with van der Waals surface area (Å²) in [6.45, 7) is 3.06. The molecule has 0 aromatic carbocycles. The molecule has 0 saturated heterocycles. The summed E-state index contributed by atoms with van der Waals surface area (Å²) < 4.78 is 0. The van der Waals surface area contributed by atoms with Gasteiger partial charge in [-0.05, 0) is 0 Å². The molecule has 0 aromatic rings. The van der Waals surface area contributed by atoms with Gasteiger partial charge in [0, 0.05) is 10.4 Å². The Bertz CT molecular complexity index is 51.9. The van der Waals surface area contributed by atoms with E-state index in [2.05, 4.69) is 10.0 Å². The van der Waals surface area contributed by atoms with Crippen molar-refractivity contribution in [3.8, 4) is 0 Å². The maximum absolute atomic E-state index is 7.49. The molecule has 0 rings (SSSR count). The third kappa shape index (κ3) is 3.18. The van der Waals surface area contributed by atoms with Crippen LogP contribution in [-0.4, -0.2) is 0 Å². The Morgan fingerprint density at radius 1 is 2.00 bits per heavy atom. The van der Waals surface area contributed by atoms with Crippen LogP contribution in [0.3, 0.4) is 0 Å². The second kappa shape index (κ2) is 3.18. The van der Waals surface area contributed by atoms with E-state index in [-0.39, 0.29) is 0 Å². The zero-order valence-corrected chi connectivity index (χ0v) is 2.92. The van der Waals surface area contributed by atoms with Crippen molar-refractivity contribution in [3.05, 3.63) is 17.0 Å². The predicted octanol–water partition coefficient (Wildman–Crippen LogP) is 1.48. The Kier molecular flexibility index (Phi) is 2.66. The molecule has 0 spiro atoms. The number of rotatable bonds is 1. The van der Waals surface area contributed by atoms with Gasteiger partial charge in [-0.25, -0.2) is 0 Å². The van der Waals surface area contributed by atoms with Crippen LogP contribution in [0, 0.1) is 6.54 Å². The second-order valence-electron chi connectivity index (χ2n) is 0.463. The van der Waals surface area contributed by atoms with Gasteiger partial charge < -0.3 is 0 Å².